The summed E-state index contributed by atoms with van der Waals surface area (Å²) >= 11 is 4.18. The number of guanidine groups is 1. The van der Waals surface area contributed by atoms with E-state index < -0.39 is 0 Å². The van der Waals surface area contributed by atoms with E-state index in [0.29, 0.717) is 12.0 Å². The van der Waals surface area contributed by atoms with Gasteiger partial charge >= 0.3 is 0 Å². The Kier molecular flexibility index (Phi) is 8.63. The van der Waals surface area contributed by atoms with Crippen molar-refractivity contribution in [1.29, 1.82) is 0 Å². The van der Waals surface area contributed by atoms with Crippen LogP contribution in [0.3, 0.4) is 0 Å². The van der Waals surface area contributed by atoms with E-state index in [0.717, 1.165) is 13.0 Å². The number of nitrogens with zero attached hydrogens (tertiary/aromatic N) is 1. The third kappa shape index (κ3) is 6.61. The average molecular weight is 505 g/mol. The molecule has 1 aromatic heterocycles. The highest BCUT2D eigenvalue weighted by Gasteiger charge is 2.13. The molecule has 0 amide bonds. The Morgan fingerprint density at radius 2 is 2.11 bits per heavy atom. The maximum Gasteiger partial charge on any atom is 0.188 e. The normalized spacial score (nSPS) is 17.0. The fourth-order valence-electron chi connectivity index (χ4n) is 2.27. The van der Waals surface area contributed by atoms with Crippen LogP contribution in [0, 0.1) is 2.88 Å². The largest absolute Gasteiger partial charge is 0.370 e. The Labute approximate surface area is 150 Å². The summed E-state index contributed by atoms with van der Waals surface area (Å²) in [5.41, 5.74) is 5.91. The van der Waals surface area contributed by atoms with Gasteiger partial charge < -0.3 is 11.1 Å². The quantitative estimate of drug-likeness (QED) is 0.372. The van der Waals surface area contributed by atoms with Crippen molar-refractivity contribution in [3.8, 4) is 0 Å². The molecule has 1 saturated carbocycles. The predicted molar refractivity (Wildman–Crippen MR) is 103 cm³/mol. The summed E-state index contributed by atoms with van der Waals surface area (Å²) in [7, 11) is 0. The molecule has 1 fully saturated rings. The number of rotatable bonds is 4. The number of hydrogen-bond donors (Lipinski definition) is 2. The number of nitrogens with two attached hydrogens (primary N) is 1. The third-order valence-electron chi connectivity index (χ3n) is 3.23. The summed E-state index contributed by atoms with van der Waals surface area (Å²) in [6, 6.07) is 4.87. The molecule has 0 aromatic carbocycles. The molecule has 1 aromatic rings. The third-order valence-corrected chi connectivity index (χ3v) is 5.18. The fraction of sp³-hybridized carbons (Fsp3) is 0.615. The molecule has 3 nitrogen and oxygen atoms in total. The first kappa shape index (κ1) is 17.5. The van der Waals surface area contributed by atoms with Gasteiger partial charge in [-0.3, -0.25) is 4.99 Å². The van der Waals surface area contributed by atoms with Crippen LogP contribution < -0.4 is 11.1 Å². The van der Waals surface area contributed by atoms with Crippen molar-refractivity contribution in [2.75, 3.05) is 6.54 Å². The van der Waals surface area contributed by atoms with Crippen LogP contribution in [-0.2, 0) is 6.42 Å². The molecule has 19 heavy (non-hydrogen) atoms. The van der Waals surface area contributed by atoms with Crippen LogP contribution in [0.25, 0.3) is 0 Å². The van der Waals surface area contributed by atoms with Crippen LogP contribution >= 0.6 is 57.9 Å². The first-order valence-corrected chi connectivity index (χ1v) is 8.44. The molecule has 1 heterocycles. The van der Waals surface area contributed by atoms with E-state index >= 15 is 0 Å². The summed E-state index contributed by atoms with van der Waals surface area (Å²) in [5.74, 6) is 0.619. The highest BCUT2D eigenvalue weighted by molar-refractivity contribution is 14.1. The molecular formula is C13H21I2N3S. The van der Waals surface area contributed by atoms with Gasteiger partial charge in [-0.25, -0.2) is 0 Å². The van der Waals surface area contributed by atoms with Crippen molar-refractivity contribution in [3.05, 3.63) is 19.9 Å². The van der Waals surface area contributed by atoms with Crippen molar-refractivity contribution in [2.24, 2.45) is 10.7 Å². The monoisotopic (exact) mass is 505 g/mol. The molecule has 0 unspecified atom stereocenters. The maximum absolute atomic E-state index is 5.91. The van der Waals surface area contributed by atoms with E-state index in [1.807, 2.05) is 11.3 Å². The second-order valence-corrected chi connectivity index (χ2v) is 7.76. The average Bonchev–Trinajstić information content (AvgIpc) is 2.76. The minimum atomic E-state index is 0. The Morgan fingerprint density at radius 1 is 1.37 bits per heavy atom. The lowest BCUT2D eigenvalue weighted by Gasteiger charge is -2.23. The zero-order chi connectivity index (χ0) is 12.8. The van der Waals surface area contributed by atoms with Crippen LogP contribution in [0.5, 0.6) is 0 Å². The van der Waals surface area contributed by atoms with E-state index in [2.05, 4.69) is 45.0 Å². The van der Waals surface area contributed by atoms with Gasteiger partial charge in [0.05, 0.1) is 2.88 Å². The number of aliphatic imine (C=N–C) groups is 1. The maximum atomic E-state index is 5.91. The van der Waals surface area contributed by atoms with Crippen molar-refractivity contribution >= 4 is 63.9 Å². The van der Waals surface area contributed by atoms with Gasteiger partial charge in [0.2, 0.25) is 0 Å². The van der Waals surface area contributed by atoms with E-state index in [1.54, 1.807) is 0 Å². The van der Waals surface area contributed by atoms with Crippen LogP contribution in [0.2, 0.25) is 0 Å². The van der Waals surface area contributed by atoms with Crippen molar-refractivity contribution in [3.63, 3.8) is 0 Å². The van der Waals surface area contributed by atoms with Crippen molar-refractivity contribution < 1.29 is 0 Å². The highest BCUT2D eigenvalue weighted by atomic mass is 127. The fourth-order valence-corrected chi connectivity index (χ4v) is 4.02. The van der Waals surface area contributed by atoms with E-state index in [1.165, 1.54) is 39.9 Å². The second-order valence-electron chi connectivity index (χ2n) is 4.70. The minimum Gasteiger partial charge on any atom is -0.370 e. The van der Waals surface area contributed by atoms with Crippen molar-refractivity contribution in [2.45, 2.75) is 44.6 Å². The first-order valence-electron chi connectivity index (χ1n) is 6.55. The Morgan fingerprint density at radius 3 is 2.74 bits per heavy atom. The standard InChI is InChI=1S/C13H20IN3S.HI/c14-12-7-6-11(18-12)8-9-16-13(15)17-10-4-2-1-3-5-10;/h6-7,10H,1-5,8-9H2,(H3,15,16,17);1H. The lowest BCUT2D eigenvalue weighted by molar-refractivity contribution is 0.412. The molecule has 0 saturated heterocycles. The van der Waals surface area contributed by atoms with Gasteiger partial charge in [0.15, 0.2) is 5.96 Å². The summed E-state index contributed by atoms with van der Waals surface area (Å²) in [6.07, 6.45) is 7.46. The molecule has 6 heteroatoms. The van der Waals surface area contributed by atoms with Crippen LogP contribution in [0.1, 0.15) is 37.0 Å². The van der Waals surface area contributed by atoms with Crippen molar-refractivity contribution in [1.82, 2.24) is 5.32 Å². The Hall–Kier alpha value is 0.430. The SMILES string of the molecule is I.NC(=NCCc1ccc(I)s1)NC1CCCCC1. The molecule has 1 aliphatic carbocycles. The molecule has 1 aliphatic rings. The zero-order valence-electron chi connectivity index (χ0n) is 10.9. The highest BCUT2D eigenvalue weighted by Crippen LogP contribution is 2.19. The molecule has 0 aliphatic heterocycles. The lowest BCUT2D eigenvalue weighted by Crippen LogP contribution is -2.41. The van der Waals surface area contributed by atoms with E-state index in [4.69, 9.17) is 5.73 Å². The van der Waals surface area contributed by atoms with E-state index in [9.17, 15) is 0 Å². The van der Waals surface area contributed by atoms with Crippen LogP contribution in [-0.4, -0.2) is 18.5 Å². The van der Waals surface area contributed by atoms with Crippen LogP contribution in [0.4, 0.5) is 0 Å². The van der Waals surface area contributed by atoms with Gasteiger partial charge in [-0.15, -0.1) is 35.3 Å². The summed E-state index contributed by atoms with van der Waals surface area (Å²) < 4.78 is 1.33. The van der Waals surface area contributed by atoms with Gasteiger partial charge in [0.1, 0.15) is 0 Å². The zero-order valence-corrected chi connectivity index (χ0v) is 16.2. The molecule has 108 valence electrons. The lowest BCUT2D eigenvalue weighted by atomic mass is 9.96. The summed E-state index contributed by atoms with van der Waals surface area (Å²) in [5, 5.41) is 3.34. The Balaban J connectivity index is 0.00000180. The summed E-state index contributed by atoms with van der Waals surface area (Å²) in [4.78, 5) is 5.79. The predicted octanol–water partition coefficient (Wildman–Crippen LogP) is 3.75. The molecule has 0 bridgehead atoms. The van der Waals surface area contributed by atoms with E-state index in [-0.39, 0.29) is 24.0 Å². The van der Waals surface area contributed by atoms with Gasteiger partial charge in [-0.2, -0.15) is 0 Å². The molecule has 0 atom stereocenters. The Bertz CT molecular complexity index is 400. The number of halogens is 2. The van der Waals surface area contributed by atoms with Gasteiger partial charge in [0.25, 0.3) is 0 Å². The number of nitrogens with one attached hydrogen (secondary N) is 1. The van der Waals surface area contributed by atoms with Gasteiger partial charge in [0, 0.05) is 23.9 Å². The molecule has 2 rings (SSSR count). The number of hydrogen-bond acceptors (Lipinski definition) is 2. The van der Waals surface area contributed by atoms with Gasteiger partial charge in [-0.1, -0.05) is 19.3 Å². The van der Waals surface area contributed by atoms with Crippen LogP contribution in [0.15, 0.2) is 17.1 Å². The molecule has 0 spiro atoms. The van der Waals surface area contributed by atoms with Gasteiger partial charge in [-0.05, 0) is 47.6 Å². The number of thiophene rings is 1. The smallest absolute Gasteiger partial charge is 0.188 e. The molecule has 3 N–H and O–H groups in total. The second kappa shape index (κ2) is 9.38. The molecule has 0 radical (unpaired) electrons. The first-order chi connectivity index (χ1) is 8.74. The topological polar surface area (TPSA) is 50.4 Å². The summed E-state index contributed by atoms with van der Waals surface area (Å²) in [6.45, 7) is 0.780. The minimum absolute atomic E-state index is 0. The molecular weight excluding hydrogens is 484 g/mol.